The molecule has 4 rings (SSSR count). The predicted octanol–water partition coefficient (Wildman–Crippen LogP) is 4.35. The molecular weight excluding hydrogens is 395 g/mol. The van der Waals surface area contributed by atoms with E-state index in [0.29, 0.717) is 29.9 Å². The molecule has 6 nitrogen and oxygen atoms in total. The number of nitrogens with one attached hydrogen (secondary N) is 1. The number of nitrogens with zero attached hydrogens (tertiary/aromatic N) is 4. The van der Waals surface area contributed by atoms with Crippen LogP contribution in [0, 0.1) is 0 Å². The smallest absolute Gasteiger partial charge is 0.325 e. The van der Waals surface area contributed by atoms with E-state index in [2.05, 4.69) is 20.8 Å². The number of benzene rings is 2. The fourth-order valence-electron chi connectivity index (χ4n) is 4.08. The van der Waals surface area contributed by atoms with Gasteiger partial charge in [0.05, 0.1) is 11.0 Å². The second-order valence-electron chi connectivity index (χ2n) is 7.53. The van der Waals surface area contributed by atoms with Crippen LogP contribution in [0.4, 0.5) is 18.9 Å². The standard InChI is InChI=1S/C21H20F3N5O/c1-29-18(26-27-28-29)14-6-4-9-17(12-14)25-19(30)20(10-2-3-11-20)15-7-5-8-16(13-15)21(22,23)24/h4-9,12-13H,2-3,10-11H2,1H3,(H,25,30). The minimum Gasteiger partial charge on any atom is -0.325 e. The van der Waals surface area contributed by atoms with E-state index in [4.69, 9.17) is 0 Å². The molecule has 0 spiro atoms. The van der Waals surface area contributed by atoms with Gasteiger partial charge in [0.2, 0.25) is 5.91 Å². The maximum Gasteiger partial charge on any atom is 0.416 e. The van der Waals surface area contributed by atoms with Crippen molar-refractivity contribution in [1.82, 2.24) is 20.2 Å². The zero-order chi connectivity index (χ0) is 21.4. The van der Waals surface area contributed by atoms with Crippen LogP contribution in [0.3, 0.4) is 0 Å². The summed E-state index contributed by atoms with van der Waals surface area (Å²) in [6, 6.07) is 12.2. The topological polar surface area (TPSA) is 72.7 Å². The second-order valence-corrected chi connectivity index (χ2v) is 7.53. The van der Waals surface area contributed by atoms with E-state index in [1.54, 1.807) is 31.3 Å². The maximum atomic E-state index is 13.3. The third-order valence-electron chi connectivity index (χ3n) is 5.63. The van der Waals surface area contributed by atoms with Gasteiger partial charge in [-0.05, 0) is 47.0 Å². The number of tetrazole rings is 1. The summed E-state index contributed by atoms with van der Waals surface area (Å²) in [5.74, 6) is 0.243. The van der Waals surface area contributed by atoms with Crippen molar-refractivity contribution in [3.8, 4) is 11.4 Å². The molecule has 1 fully saturated rings. The molecule has 9 heteroatoms. The molecule has 1 heterocycles. The van der Waals surface area contributed by atoms with E-state index in [9.17, 15) is 18.0 Å². The molecule has 1 amide bonds. The highest BCUT2D eigenvalue weighted by molar-refractivity contribution is 5.99. The largest absolute Gasteiger partial charge is 0.416 e. The monoisotopic (exact) mass is 415 g/mol. The number of aryl methyl sites for hydroxylation is 1. The van der Waals surface area contributed by atoms with E-state index in [-0.39, 0.29) is 5.91 Å². The van der Waals surface area contributed by atoms with Crippen LogP contribution in [0.25, 0.3) is 11.4 Å². The van der Waals surface area contributed by atoms with E-state index in [1.807, 2.05) is 6.07 Å². The van der Waals surface area contributed by atoms with Crippen molar-refractivity contribution in [3.63, 3.8) is 0 Å². The van der Waals surface area contributed by atoms with E-state index >= 15 is 0 Å². The van der Waals surface area contributed by atoms with Crippen LogP contribution < -0.4 is 5.32 Å². The number of aromatic nitrogens is 4. The summed E-state index contributed by atoms with van der Waals surface area (Å²) in [6.45, 7) is 0. The number of carbonyl (C=O) groups excluding carboxylic acids is 1. The van der Waals surface area contributed by atoms with Crippen LogP contribution in [0.15, 0.2) is 48.5 Å². The molecule has 3 aromatic rings. The van der Waals surface area contributed by atoms with Crippen LogP contribution in [0.5, 0.6) is 0 Å². The number of halogens is 3. The third kappa shape index (κ3) is 3.67. The highest BCUT2D eigenvalue weighted by Crippen LogP contribution is 2.43. The molecule has 2 aromatic carbocycles. The first kappa shape index (κ1) is 20.1. The quantitative estimate of drug-likeness (QED) is 0.688. The van der Waals surface area contributed by atoms with Gasteiger partial charge >= 0.3 is 6.18 Å². The molecule has 156 valence electrons. The predicted molar refractivity (Wildman–Crippen MR) is 104 cm³/mol. The van der Waals surface area contributed by atoms with Crippen LogP contribution in [-0.2, 0) is 23.4 Å². The summed E-state index contributed by atoms with van der Waals surface area (Å²) in [6.07, 6.45) is -1.87. The van der Waals surface area contributed by atoms with Gasteiger partial charge in [0.1, 0.15) is 0 Å². The molecule has 0 radical (unpaired) electrons. The molecule has 0 saturated heterocycles. The van der Waals surface area contributed by atoms with Crippen LogP contribution in [0.1, 0.15) is 36.8 Å². The number of alkyl halides is 3. The Labute approximate surface area is 171 Å². The fourth-order valence-corrected chi connectivity index (χ4v) is 4.08. The summed E-state index contributed by atoms with van der Waals surface area (Å²) in [4.78, 5) is 13.3. The van der Waals surface area contributed by atoms with Gasteiger partial charge < -0.3 is 5.32 Å². The van der Waals surface area contributed by atoms with Crippen LogP contribution >= 0.6 is 0 Å². The van der Waals surface area contributed by atoms with Gasteiger partial charge in [-0.1, -0.05) is 43.2 Å². The Kier molecular flexibility index (Phi) is 5.05. The molecule has 0 atom stereocenters. The van der Waals surface area contributed by atoms with Gasteiger partial charge in [0.25, 0.3) is 0 Å². The lowest BCUT2D eigenvalue weighted by atomic mass is 9.77. The van der Waals surface area contributed by atoms with Gasteiger partial charge in [-0.25, -0.2) is 4.68 Å². The number of hydrogen-bond donors (Lipinski definition) is 1. The lowest BCUT2D eigenvalue weighted by Gasteiger charge is -2.29. The Morgan fingerprint density at radius 1 is 1.10 bits per heavy atom. The minimum atomic E-state index is -4.45. The van der Waals surface area contributed by atoms with Gasteiger partial charge in [0.15, 0.2) is 5.82 Å². The van der Waals surface area contributed by atoms with Gasteiger partial charge in [-0.15, -0.1) is 5.10 Å². The molecule has 1 saturated carbocycles. The first-order valence-electron chi connectivity index (χ1n) is 9.62. The summed E-state index contributed by atoms with van der Waals surface area (Å²) < 4.78 is 41.2. The van der Waals surface area contributed by atoms with Crippen molar-refractivity contribution < 1.29 is 18.0 Å². The van der Waals surface area contributed by atoms with E-state index in [1.165, 1.54) is 10.7 Å². The zero-order valence-corrected chi connectivity index (χ0v) is 16.3. The van der Waals surface area contributed by atoms with Gasteiger partial charge in [0, 0.05) is 18.3 Å². The molecular formula is C21H20F3N5O. The first-order valence-corrected chi connectivity index (χ1v) is 9.62. The van der Waals surface area contributed by atoms with Crippen molar-refractivity contribution in [2.45, 2.75) is 37.3 Å². The maximum absolute atomic E-state index is 13.3. The number of amides is 1. The molecule has 1 aliphatic carbocycles. The lowest BCUT2D eigenvalue weighted by Crippen LogP contribution is -2.38. The Hall–Kier alpha value is -3.23. The number of hydrogen-bond acceptors (Lipinski definition) is 4. The normalized spacial score (nSPS) is 15.9. The first-order chi connectivity index (χ1) is 14.3. The molecule has 0 bridgehead atoms. The molecule has 0 unspecified atom stereocenters. The van der Waals surface area contributed by atoms with Gasteiger partial charge in [-0.2, -0.15) is 13.2 Å². The summed E-state index contributed by atoms with van der Waals surface area (Å²) in [7, 11) is 1.71. The highest BCUT2D eigenvalue weighted by Gasteiger charge is 2.44. The van der Waals surface area contributed by atoms with E-state index < -0.39 is 17.2 Å². The van der Waals surface area contributed by atoms with Gasteiger partial charge in [-0.3, -0.25) is 4.79 Å². The zero-order valence-electron chi connectivity index (χ0n) is 16.3. The molecule has 30 heavy (non-hydrogen) atoms. The number of anilines is 1. The summed E-state index contributed by atoms with van der Waals surface area (Å²) in [5, 5.41) is 14.3. The molecule has 1 N–H and O–H groups in total. The second kappa shape index (κ2) is 7.55. The molecule has 0 aliphatic heterocycles. The van der Waals surface area contributed by atoms with Crippen molar-refractivity contribution in [2.75, 3.05) is 5.32 Å². The average Bonchev–Trinajstić information content (AvgIpc) is 3.37. The lowest BCUT2D eigenvalue weighted by molar-refractivity contribution is -0.137. The van der Waals surface area contributed by atoms with Crippen molar-refractivity contribution >= 4 is 11.6 Å². The van der Waals surface area contributed by atoms with Crippen molar-refractivity contribution in [2.24, 2.45) is 7.05 Å². The highest BCUT2D eigenvalue weighted by atomic mass is 19.4. The minimum absolute atomic E-state index is 0.299. The molecule has 1 aromatic heterocycles. The van der Waals surface area contributed by atoms with E-state index in [0.717, 1.165) is 30.5 Å². The van der Waals surface area contributed by atoms with Crippen LogP contribution in [0.2, 0.25) is 0 Å². The summed E-state index contributed by atoms with van der Waals surface area (Å²) >= 11 is 0. The Morgan fingerprint density at radius 2 is 1.83 bits per heavy atom. The van der Waals surface area contributed by atoms with Crippen LogP contribution in [-0.4, -0.2) is 26.1 Å². The number of carbonyl (C=O) groups is 1. The fraction of sp³-hybridized carbons (Fsp3) is 0.333. The average molecular weight is 415 g/mol. The Balaban J connectivity index is 1.65. The number of rotatable bonds is 4. The Bertz CT molecular complexity index is 1070. The SMILES string of the molecule is Cn1nnnc1-c1cccc(NC(=O)C2(c3cccc(C(F)(F)F)c3)CCCC2)c1. The van der Waals surface area contributed by atoms with Crippen molar-refractivity contribution in [3.05, 3.63) is 59.7 Å². The molecule has 1 aliphatic rings. The summed E-state index contributed by atoms with van der Waals surface area (Å²) in [5.41, 5.74) is -0.0562. The third-order valence-corrected chi connectivity index (χ3v) is 5.63. The van der Waals surface area contributed by atoms with Crippen molar-refractivity contribution in [1.29, 1.82) is 0 Å². The Morgan fingerprint density at radius 3 is 2.50 bits per heavy atom.